The van der Waals surface area contributed by atoms with Crippen molar-refractivity contribution in [1.82, 2.24) is 0 Å². The molecule has 0 atom stereocenters. The van der Waals surface area contributed by atoms with Crippen molar-refractivity contribution in [2.24, 2.45) is 0 Å². The number of anilines is 1. The minimum atomic E-state index is -0.186. The lowest BCUT2D eigenvalue weighted by molar-refractivity contribution is -0.118. The minimum absolute atomic E-state index is 0.0179. The van der Waals surface area contributed by atoms with Gasteiger partial charge in [-0.1, -0.05) is 30.3 Å². The maximum Gasteiger partial charge on any atom is 0.262 e. The van der Waals surface area contributed by atoms with E-state index >= 15 is 0 Å². The van der Waals surface area contributed by atoms with Crippen LogP contribution in [0.3, 0.4) is 0 Å². The van der Waals surface area contributed by atoms with Gasteiger partial charge in [-0.3, -0.25) is 9.59 Å². The second-order valence-electron chi connectivity index (χ2n) is 4.24. The van der Waals surface area contributed by atoms with Crippen LogP contribution >= 0.6 is 0 Å². The zero-order valence-electron chi connectivity index (χ0n) is 10.1. The van der Waals surface area contributed by atoms with Crippen LogP contribution in [0.5, 0.6) is 5.75 Å². The molecule has 0 aromatic heterocycles. The summed E-state index contributed by atoms with van der Waals surface area (Å²) in [5.41, 5.74) is 1.77. The summed E-state index contributed by atoms with van der Waals surface area (Å²) in [6.45, 7) is -0.0179. The van der Waals surface area contributed by atoms with Crippen molar-refractivity contribution in [3.8, 4) is 5.75 Å². The van der Waals surface area contributed by atoms with Crippen LogP contribution in [-0.2, 0) is 4.79 Å². The summed E-state index contributed by atoms with van der Waals surface area (Å²) in [5, 5.41) is 2.69. The molecule has 0 unspecified atom stereocenters. The van der Waals surface area contributed by atoms with Crippen LogP contribution < -0.4 is 10.1 Å². The monoisotopic (exact) mass is 253 g/mol. The first-order valence-electron chi connectivity index (χ1n) is 5.90. The third-order valence-electron chi connectivity index (χ3n) is 2.91. The van der Waals surface area contributed by atoms with Gasteiger partial charge in [-0.15, -0.1) is 0 Å². The van der Waals surface area contributed by atoms with Gasteiger partial charge in [0.05, 0.1) is 5.69 Å². The Labute approximate surface area is 110 Å². The molecule has 0 saturated carbocycles. The number of fused-ring (bicyclic) bond motifs is 1. The first-order valence-corrected chi connectivity index (χ1v) is 5.90. The summed E-state index contributed by atoms with van der Waals surface area (Å²) in [6.07, 6.45) is 0. The summed E-state index contributed by atoms with van der Waals surface area (Å²) < 4.78 is 5.30. The number of benzene rings is 2. The molecule has 3 rings (SSSR count). The number of carbonyl (C=O) groups excluding carboxylic acids is 2. The Kier molecular flexibility index (Phi) is 2.76. The average Bonchev–Trinajstić information content (AvgIpc) is 2.47. The first-order chi connectivity index (χ1) is 9.24. The van der Waals surface area contributed by atoms with E-state index in [0.29, 0.717) is 22.6 Å². The zero-order valence-corrected chi connectivity index (χ0v) is 10.1. The molecule has 1 N–H and O–H groups in total. The van der Waals surface area contributed by atoms with Gasteiger partial charge in [-0.25, -0.2) is 0 Å². The Hall–Kier alpha value is -2.62. The predicted molar refractivity (Wildman–Crippen MR) is 70.4 cm³/mol. The highest BCUT2D eigenvalue weighted by Crippen LogP contribution is 2.29. The van der Waals surface area contributed by atoms with Crippen molar-refractivity contribution >= 4 is 17.4 Å². The lowest BCUT2D eigenvalue weighted by Crippen LogP contribution is -2.25. The van der Waals surface area contributed by atoms with Crippen LogP contribution in [0.1, 0.15) is 15.9 Å². The van der Waals surface area contributed by atoms with Crippen molar-refractivity contribution in [3.05, 3.63) is 59.7 Å². The van der Waals surface area contributed by atoms with Gasteiger partial charge in [0, 0.05) is 11.1 Å². The van der Waals surface area contributed by atoms with Gasteiger partial charge in [0.15, 0.2) is 12.4 Å². The van der Waals surface area contributed by atoms with E-state index in [-0.39, 0.29) is 18.3 Å². The van der Waals surface area contributed by atoms with E-state index in [1.807, 2.05) is 18.2 Å². The number of hydrogen-bond acceptors (Lipinski definition) is 3. The molecule has 0 radical (unpaired) electrons. The van der Waals surface area contributed by atoms with Crippen LogP contribution in [0, 0.1) is 0 Å². The second-order valence-corrected chi connectivity index (χ2v) is 4.24. The topological polar surface area (TPSA) is 55.4 Å². The Morgan fingerprint density at radius 3 is 2.63 bits per heavy atom. The number of amides is 1. The molecule has 4 heteroatoms. The zero-order chi connectivity index (χ0) is 13.2. The maximum atomic E-state index is 12.3. The maximum absolute atomic E-state index is 12.3. The summed E-state index contributed by atoms with van der Waals surface area (Å²) in [5.74, 6) is 0.278. The molecule has 1 aliphatic rings. The molecule has 0 bridgehead atoms. The van der Waals surface area contributed by atoms with Crippen molar-refractivity contribution in [2.45, 2.75) is 0 Å². The highest BCUT2D eigenvalue weighted by molar-refractivity contribution is 6.09. The van der Waals surface area contributed by atoms with Gasteiger partial charge >= 0.3 is 0 Å². The molecular weight excluding hydrogens is 242 g/mol. The molecule has 1 amide bonds. The highest BCUT2D eigenvalue weighted by atomic mass is 16.5. The fourth-order valence-electron chi connectivity index (χ4n) is 1.97. The number of ether oxygens (including phenoxy) is 1. The molecule has 19 heavy (non-hydrogen) atoms. The Bertz CT molecular complexity index is 650. The third kappa shape index (κ3) is 2.20. The second kappa shape index (κ2) is 4.57. The number of rotatable bonds is 2. The molecule has 0 saturated heterocycles. The van der Waals surface area contributed by atoms with Crippen molar-refractivity contribution in [1.29, 1.82) is 0 Å². The molecule has 94 valence electrons. The van der Waals surface area contributed by atoms with Crippen molar-refractivity contribution in [3.63, 3.8) is 0 Å². The predicted octanol–water partition coefficient (Wildman–Crippen LogP) is 2.25. The van der Waals surface area contributed by atoms with E-state index in [0.717, 1.165) is 0 Å². The van der Waals surface area contributed by atoms with E-state index in [9.17, 15) is 9.59 Å². The van der Waals surface area contributed by atoms with Crippen LogP contribution in [-0.4, -0.2) is 18.3 Å². The molecule has 0 fully saturated rings. The molecule has 1 heterocycles. The number of ketones is 1. The van der Waals surface area contributed by atoms with Gasteiger partial charge in [-0.2, -0.15) is 0 Å². The quantitative estimate of drug-likeness (QED) is 0.835. The van der Waals surface area contributed by atoms with Crippen molar-refractivity contribution in [2.75, 3.05) is 11.9 Å². The molecule has 1 aliphatic heterocycles. The minimum Gasteiger partial charge on any atom is -0.482 e. The van der Waals surface area contributed by atoms with E-state index in [1.165, 1.54) is 0 Å². The fraction of sp³-hybridized carbons (Fsp3) is 0.0667. The molecule has 0 aliphatic carbocycles. The summed E-state index contributed by atoms with van der Waals surface area (Å²) in [6, 6.07) is 14.1. The molecule has 0 spiro atoms. The van der Waals surface area contributed by atoms with Gasteiger partial charge in [-0.05, 0) is 18.2 Å². The van der Waals surface area contributed by atoms with Crippen LogP contribution in [0.25, 0.3) is 0 Å². The Morgan fingerprint density at radius 2 is 1.84 bits per heavy atom. The normalized spacial score (nSPS) is 13.2. The summed E-state index contributed by atoms with van der Waals surface area (Å²) in [7, 11) is 0. The average molecular weight is 253 g/mol. The van der Waals surface area contributed by atoms with E-state index in [4.69, 9.17) is 4.74 Å². The van der Waals surface area contributed by atoms with Gasteiger partial charge in [0.1, 0.15) is 5.75 Å². The SMILES string of the molecule is O=C1COc2cc(C(=O)c3ccccc3)ccc2N1. The van der Waals surface area contributed by atoms with E-state index < -0.39 is 0 Å². The van der Waals surface area contributed by atoms with Crippen LogP contribution in [0.2, 0.25) is 0 Å². The smallest absolute Gasteiger partial charge is 0.262 e. The Morgan fingerprint density at radius 1 is 1.05 bits per heavy atom. The molecule has 4 nitrogen and oxygen atoms in total. The first kappa shape index (κ1) is 11.5. The van der Waals surface area contributed by atoms with Gasteiger partial charge < -0.3 is 10.1 Å². The van der Waals surface area contributed by atoms with Crippen LogP contribution in [0.15, 0.2) is 48.5 Å². The number of nitrogens with one attached hydrogen (secondary N) is 1. The molecular formula is C15H11NO3. The molecule has 2 aromatic rings. The largest absolute Gasteiger partial charge is 0.482 e. The van der Waals surface area contributed by atoms with Gasteiger partial charge in [0.2, 0.25) is 0 Å². The highest BCUT2D eigenvalue weighted by Gasteiger charge is 2.18. The van der Waals surface area contributed by atoms with Crippen molar-refractivity contribution < 1.29 is 14.3 Å². The number of carbonyl (C=O) groups is 2. The van der Waals surface area contributed by atoms with Crippen LogP contribution in [0.4, 0.5) is 5.69 Å². The van der Waals surface area contributed by atoms with E-state index in [2.05, 4.69) is 5.32 Å². The van der Waals surface area contributed by atoms with E-state index in [1.54, 1.807) is 30.3 Å². The fourth-order valence-corrected chi connectivity index (χ4v) is 1.97. The molecule has 2 aromatic carbocycles. The summed E-state index contributed by atoms with van der Waals surface area (Å²) >= 11 is 0. The lowest BCUT2D eigenvalue weighted by Gasteiger charge is -2.18. The summed E-state index contributed by atoms with van der Waals surface area (Å²) in [4.78, 5) is 23.4. The Balaban J connectivity index is 1.95. The number of hydrogen-bond donors (Lipinski definition) is 1. The standard InChI is InChI=1S/C15H11NO3/c17-14-9-19-13-8-11(6-7-12(13)16-14)15(18)10-4-2-1-3-5-10/h1-8H,9H2,(H,16,17). The lowest BCUT2D eigenvalue weighted by atomic mass is 10.0. The third-order valence-corrected chi connectivity index (χ3v) is 2.91. The van der Waals surface area contributed by atoms with Gasteiger partial charge in [0.25, 0.3) is 5.91 Å².